The summed E-state index contributed by atoms with van der Waals surface area (Å²) >= 11 is 0. The largest absolute Gasteiger partial charge is 0.384 e. The number of Topliss-reactive ketones (excluding diaryl/α,β-unsaturated/α-hetero) is 1. The maximum absolute atomic E-state index is 11.2. The zero-order valence-electron chi connectivity index (χ0n) is 6.21. The fourth-order valence-electron chi connectivity index (χ4n) is 1.46. The highest BCUT2D eigenvalue weighted by Crippen LogP contribution is 2.52. The molecule has 1 fully saturated rings. The van der Waals surface area contributed by atoms with E-state index in [1.807, 2.05) is 6.08 Å². The first-order valence-corrected chi connectivity index (χ1v) is 3.76. The predicted octanol–water partition coefficient (Wildman–Crippen LogP) is 0.823. The summed E-state index contributed by atoms with van der Waals surface area (Å²) in [6.45, 7) is 3.54. The van der Waals surface area contributed by atoms with Crippen LogP contribution >= 0.6 is 0 Å². The van der Waals surface area contributed by atoms with Crippen LogP contribution in [0.5, 0.6) is 0 Å². The van der Waals surface area contributed by atoms with Gasteiger partial charge < -0.3 is 5.11 Å². The Morgan fingerprint density at radius 2 is 2.27 bits per heavy atom. The van der Waals surface area contributed by atoms with Crippen molar-refractivity contribution >= 4 is 5.78 Å². The molecule has 0 aromatic rings. The van der Waals surface area contributed by atoms with Crippen molar-refractivity contribution in [3.63, 3.8) is 0 Å². The average molecular weight is 150 g/mol. The van der Waals surface area contributed by atoms with Gasteiger partial charge in [0, 0.05) is 11.0 Å². The zero-order valence-corrected chi connectivity index (χ0v) is 6.21. The standard InChI is InChI=1S/C9H10O2/c1-6-2-3-9(4-5-9)8(11)7(6)10/h2-3,8,11H,1,4-5H2. The molecular weight excluding hydrogens is 140 g/mol. The van der Waals surface area contributed by atoms with Gasteiger partial charge in [0.15, 0.2) is 5.78 Å². The van der Waals surface area contributed by atoms with Crippen molar-refractivity contribution < 1.29 is 9.90 Å². The Bertz CT molecular complexity index is 259. The molecule has 2 heteroatoms. The molecule has 0 aliphatic heterocycles. The van der Waals surface area contributed by atoms with Gasteiger partial charge in [-0.25, -0.2) is 0 Å². The average Bonchev–Trinajstić information content (AvgIpc) is 2.76. The molecule has 0 aromatic heterocycles. The highest BCUT2D eigenvalue weighted by molar-refractivity contribution is 6.02. The van der Waals surface area contributed by atoms with Crippen molar-refractivity contribution in [2.24, 2.45) is 5.41 Å². The van der Waals surface area contributed by atoms with Crippen LogP contribution in [0, 0.1) is 5.41 Å². The SMILES string of the molecule is C=C1C=CC2(CC2)C(O)C1=O. The molecule has 58 valence electrons. The topological polar surface area (TPSA) is 37.3 Å². The summed E-state index contributed by atoms with van der Waals surface area (Å²) in [4.78, 5) is 11.2. The van der Waals surface area contributed by atoms with E-state index >= 15 is 0 Å². The number of carbonyl (C=O) groups is 1. The number of aliphatic hydroxyl groups excluding tert-OH is 1. The Labute approximate surface area is 65.2 Å². The molecule has 0 aromatic carbocycles. The smallest absolute Gasteiger partial charge is 0.191 e. The van der Waals surface area contributed by atoms with Gasteiger partial charge >= 0.3 is 0 Å². The Hall–Kier alpha value is -0.890. The first-order chi connectivity index (χ1) is 5.16. The molecular formula is C9H10O2. The minimum absolute atomic E-state index is 0.196. The molecule has 11 heavy (non-hydrogen) atoms. The lowest BCUT2D eigenvalue weighted by molar-refractivity contribution is -0.125. The molecule has 2 aliphatic carbocycles. The van der Waals surface area contributed by atoms with E-state index in [0.717, 1.165) is 12.8 Å². The summed E-state index contributed by atoms with van der Waals surface area (Å²) in [6.07, 6.45) is 4.69. The van der Waals surface area contributed by atoms with Crippen LogP contribution in [0.1, 0.15) is 12.8 Å². The van der Waals surface area contributed by atoms with Crippen molar-refractivity contribution in [1.82, 2.24) is 0 Å². The lowest BCUT2D eigenvalue weighted by atomic mass is 9.86. The normalized spacial score (nSPS) is 33.0. The molecule has 1 saturated carbocycles. The third-order valence-corrected chi connectivity index (χ3v) is 2.55. The van der Waals surface area contributed by atoms with E-state index < -0.39 is 6.10 Å². The third-order valence-electron chi connectivity index (χ3n) is 2.55. The summed E-state index contributed by atoms with van der Waals surface area (Å²) in [5.74, 6) is -0.204. The van der Waals surface area contributed by atoms with Crippen molar-refractivity contribution in [2.45, 2.75) is 18.9 Å². The number of aliphatic hydroxyl groups is 1. The first kappa shape index (κ1) is 6.80. The van der Waals surface area contributed by atoms with Crippen LogP contribution in [-0.4, -0.2) is 17.0 Å². The van der Waals surface area contributed by atoms with Gasteiger partial charge in [-0.15, -0.1) is 0 Å². The number of hydrogen-bond donors (Lipinski definition) is 1. The van der Waals surface area contributed by atoms with E-state index in [9.17, 15) is 9.90 Å². The number of hydrogen-bond acceptors (Lipinski definition) is 2. The highest BCUT2D eigenvalue weighted by atomic mass is 16.3. The minimum atomic E-state index is -0.819. The molecule has 0 heterocycles. The molecule has 1 N–H and O–H groups in total. The molecule has 2 nitrogen and oxygen atoms in total. The molecule has 0 bridgehead atoms. The summed E-state index contributed by atoms with van der Waals surface area (Å²) < 4.78 is 0. The van der Waals surface area contributed by atoms with Crippen molar-refractivity contribution in [3.8, 4) is 0 Å². The summed E-state index contributed by atoms with van der Waals surface area (Å²) in [6, 6.07) is 0. The molecule has 1 spiro atoms. The van der Waals surface area contributed by atoms with Crippen LogP contribution in [0.2, 0.25) is 0 Å². The summed E-state index contributed by atoms with van der Waals surface area (Å²) in [5.41, 5.74) is 0.230. The molecule has 1 unspecified atom stereocenters. The molecule has 2 aliphatic rings. The van der Waals surface area contributed by atoms with Crippen LogP contribution in [0.4, 0.5) is 0 Å². The van der Waals surface area contributed by atoms with Gasteiger partial charge in [0.05, 0.1) is 0 Å². The van der Waals surface area contributed by atoms with E-state index in [0.29, 0.717) is 5.57 Å². The van der Waals surface area contributed by atoms with Crippen molar-refractivity contribution in [3.05, 3.63) is 24.3 Å². The van der Waals surface area contributed by atoms with Gasteiger partial charge in [0.25, 0.3) is 0 Å². The number of ketones is 1. The van der Waals surface area contributed by atoms with Crippen LogP contribution < -0.4 is 0 Å². The van der Waals surface area contributed by atoms with Gasteiger partial charge in [-0.1, -0.05) is 18.7 Å². The van der Waals surface area contributed by atoms with Crippen LogP contribution in [-0.2, 0) is 4.79 Å². The molecule has 0 radical (unpaired) electrons. The number of allylic oxidation sites excluding steroid dienone is 1. The quantitative estimate of drug-likeness (QED) is 0.519. The lowest BCUT2D eigenvalue weighted by Crippen LogP contribution is -2.33. The van der Waals surface area contributed by atoms with E-state index in [1.165, 1.54) is 0 Å². The Kier molecular flexibility index (Phi) is 1.13. The summed E-state index contributed by atoms with van der Waals surface area (Å²) in [7, 11) is 0. The van der Waals surface area contributed by atoms with Crippen LogP contribution in [0.3, 0.4) is 0 Å². The number of rotatable bonds is 0. The maximum atomic E-state index is 11.2. The molecule has 2 rings (SSSR count). The predicted molar refractivity (Wildman–Crippen MR) is 41.0 cm³/mol. The van der Waals surface area contributed by atoms with Crippen molar-refractivity contribution in [1.29, 1.82) is 0 Å². The fraction of sp³-hybridized carbons (Fsp3) is 0.444. The highest BCUT2D eigenvalue weighted by Gasteiger charge is 2.51. The molecule has 1 atom stereocenters. The number of carbonyl (C=O) groups excluding carboxylic acids is 1. The van der Waals surface area contributed by atoms with Crippen LogP contribution in [0.25, 0.3) is 0 Å². The monoisotopic (exact) mass is 150 g/mol. The van der Waals surface area contributed by atoms with E-state index in [-0.39, 0.29) is 11.2 Å². The van der Waals surface area contributed by atoms with E-state index in [4.69, 9.17) is 0 Å². The van der Waals surface area contributed by atoms with Gasteiger partial charge in [-0.05, 0) is 12.8 Å². The molecule has 0 amide bonds. The maximum Gasteiger partial charge on any atom is 0.191 e. The fourth-order valence-corrected chi connectivity index (χ4v) is 1.46. The minimum Gasteiger partial charge on any atom is -0.384 e. The lowest BCUT2D eigenvalue weighted by Gasteiger charge is -2.21. The van der Waals surface area contributed by atoms with Gasteiger partial charge in [0.2, 0.25) is 0 Å². The molecule has 0 saturated heterocycles. The van der Waals surface area contributed by atoms with Gasteiger partial charge in [-0.3, -0.25) is 4.79 Å². The Morgan fingerprint density at radius 1 is 1.64 bits per heavy atom. The summed E-state index contributed by atoms with van der Waals surface area (Å²) in [5, 5.41) is 9.48. The second-order valence-electron chi connectivity index (χ2n) is 3.36. The van der Waals surface area contributed by atoms with E-state index in [2.05, 4.69) is 6.58 Å². The Balaban J connectivity index is 2.37. The Morgan fingerprint density at radius 3 is 2.82 bits per heavy atom. The van der Waals surface area contributed by atoms with Crippen LogP contribution in [0.15, 0.2) is 24.3 Å². The first-order valence-electron chi connectivity index (χ1n) is 3.76. The second-order valence-corrected chi connectivity index (χ2v) is 3.36. The zero-order chi connectivity index (χ0) is 8.06. The van der Waals surface area contributed by atoms with Gasteiger partial charge in [-0.2, -0.15) is 0 Å². The van der Waals surface area contributed by atoms with E-state index in [1.54, 1.807) is 6.08 Å². The second kappa shape index (κ2) is 1.83. The van der Waals surface area contributed by atoms with Gasteiger partial charge in [0.1, 0.15) is 6.10 Å². The van der Waals surface area contributed by atoms with Crippen molar-refractivity contribution in [2.75, 3.05) is 0 Å². The third kappa shape index (κ3) is 0.792.